The number of nitrogens with zero attached hydrogens (tertiary/aromatic N) is 4. The first-order valence-electron chi connectivity index (χ1n) is 13.1. The maximum absolute atomic E-state index is 12.7. The first kappa shape index (κ1) is 25.4. The number of aryl methyl sites for hydroxylation is 1. The van der Waals surface area contributed by atoms with Crippen molar-refractivity contribution in [2.24, 2.45) is 5.73 Å². The van der Waals surface area contributed by atoms with Crippen LogP contribution in [0, 0.1) is 6.92 Å². The van der Waals surface area contributed by atoms with Gasteiger partial charge < -0.3 is 15.5 Å². The number of piperidine rings is 1. The lowest BCUT2D eigenvalue weighted by molar-refractivity contribution is 0.0453. The molecule has 9 heteroatoms. The lowest BCUT2D eigenvalue weighted by atomic mass is 10.0. The minimum absolute atomic E-state index is 0.215. The van der Waals surface area contributed by atoms with Gasteiger partial charge in [0.25, 0.3) is 0 Å². The monoisotopic (exact) mass is 538 g/mol. The lowest BCUT2D eigenvalue weighted by Gasteiger charge is -2.30. The van der Waals surface area contributed by atoms with E-state index in [1.807, 2.05) is 54.9 Å². The Morgan fingerprint density at radius 1 is 1.15 bits per heavy atom. The number of hydrogen-bond acceptors (Lipinski definition) is 8. The van der Waals surface area contributed by atoms with E-state index in [1.54, 1.807) is 6.33 Å². The van der Waals surface area contributed by atoms with Gasteiger partial charge in [-0.25, -0.2) is 9.78 Å². The second kappa shape index (κ2) is 11.1. The number of aromatic amines is 1. The molecule has 0 radical (unpaired) electrons. The predicted octanol–water partition coefficient (Wildman–Crippen LogP) is 5.30. The molecule has 1 fully saturated rings. The summed E-state index contributed by atoms with van der Waals surface area (Å²) in [6.07, 6.45) is 5.70. The molecule has 1 aliphatic rings. The summed E-state index contributed by atoms with van der Waals surface area (Å²) < 4.78 is 5.56. The van der Waals surface area contributed by atoms with Gasteiger partial charge in [-0.2, -0.15) is 0 Å². The maximum Gasteiger partial charge on any atom is 0.348 e. The van der Waals surface area contributed by atoms with E-state index in [9.17, 15) is 4.79 Å². The predicted molar refractivity (Wildman–Crippen MR) is 155 cm³/mol. The summed E-state index contributed by atoms with van der Waals surface area (Å²) in [4.78, 5) is 32.7. The lowest BCUT2D eigenvalue weighted by Crippen LogP contribution is -2.44. The molecule has 8 nitrogen and oxygen atoms in total. The number of carbonyl (C=O) groups excluding carboxylic acids is 1. The highest BCUT2D eigenvalue weighted by atomic mass is 32.1. The van der Waals surface area contributed by atoms with Crippen LogP contribution in [0.2, 0.25) is 0 Å². The van der Waals surface area contributed by atoms with Crippen molar-refractivity contribution in [3.8, 4) is 33.8 Å². The molecule has 0 saturated carbocycles. The van der Waals surface area contributed by atoms with Gasteiger partial charge in [0.05, 0.1) is 28.9 Å². The Kier molecular flexibility index (Phi) is 7.19. The average molecular weight is 539 g/mol. The number of esters is 1. The van der Waals surface area contributed by atoms with Gasteiger partial charge in [0, 0.05) is 47.5 Å². The van der Waals surface area contributed by atoms with Crippen molar-refractivity contribution in [2.75, 3.05) is 26.2 Å². The van der Waals surface area contributed by atoms with Crippen molar-refractivity contribution >= 4 is 28.2 Å². The van der Waals surface area contributed by atoms with Crippen molar-refractivity contribution in [3.05, 3.63) is 77.0 Å². The first-order chi connectivity index (χ1) is 19.0. The van der Waals surface area contributed by atoms with Crippen molar-refractivity contribution in [1.29, 1.82) is 0 Å². The molecule has 0 aliphatic carbocycles. The molecule has 5 heterocycles. The molecule has 0 bridgehead atoms. The number of fused-ring (bicyclic) bond motifs is 1. The van der Waals surface area contributed by atoms with Gasteiger partial charge in [-0.15, -0.1) is 11.3 Å². The number of ether oxygens (including phenoxy) is 1. The van der Waals surface area contributed by atoms with E-state index < -0.39 is 0 Å². The number of rotatable bonds is 7. The highest BCUT2D eigenvalue weighted by molar-refractivity contribution is 7.12. The molecule has 3 N–H and O–H groups in total. The number of nitrogens with two attached hydrogens (primary N) is 1. The highest BCUT2D eigenvalue weighted by Crippen LogP contribution is 2.32. The van der Waals surface area contributed by atoms with Crippen LogP contribution < -0.4 is 5.73 Å². The summed E-state index contributed by atoms with van der Waals surface area (Å²) in [5, 5.41) is 2.97. The second-order valence-corrected chi connectivity index (χ2v) is 10.9. The molecule has 1 atom stereocenters. The second-order valence-electron chi connectivity index (χ2n) is 9.96. The number of imidazole rings is 1. The molecule has 5 aromatic rings. The SMILES string of the molecule is Cc1cccc(-c2[nH]cnc2-c2ccc3ncc(-c4csc(C(=O)OCCN5CCC[C@H](N)C5)c4)cc3c2)n1. The van der Waals surface area contributed by atoms with Gasteiger partial charge in [-0.05, 0) is 73.7 Å². The van der Waals surface area contributed by atoms with Crippen LogP contribution in [0.5, 0.6) is 0 Å². The molecule has 0 amide bonds. The zero-order chi connectivity index (χ0) is 26.8. The summed E-state index contributed by atoms with van der Waals surface area (Å²) in [7, 11) is 0. The molecule has 6 rings (SSSR count). The topological polar surface area (TPSA) is 110 Å². The highest BCUT2D eigenvalue weighted by Gasteiger charge is 2.18. The normalized spacial score (nSPS) is 16.0. The Morgan fingerprint density at radius 2 is 2.05 bits per heavy atom. The quantitative estimate of drug-likeness (QED) is 0.271. The standard InChI is InChI=1S/C30H30N6O2S/c1-19-4-2-6-26(35-19)29-28(33-18-34-29)20-7-8-25-21(12-20)13-22(15-32-25)23-14-27(39-17-23)30(37)38-11-10-36-9-3-5-24(31)16-36/h2,4,6-8,12-15,17-18,24H,3,5,9-11,16,31H2,1H3,(H,33,34)/t24-/m0/s1. The van der Waals surface area contributed by atoms with Gasteiger partial charge >= 0.3 is 5.97 Å². The van der Waals surface area contributed by atoms with Crippen molar-refractivity contribution in [2.45, 2.75) is 25.8 Å². The van der Waals surface area contributed by atoms with Crippen molar-refractivity contribution < 1.29 is 9.53 Å². The fraction of sp³-hybridized carbons (Fsp3) is 0.267. The van der Waals surface area contributed by atoms with Crippen LogP contribution in [0.15, 0.2) is 66.4 Å². The Bertz CT molecular complexity index is 1630. The molecule has 0 unspecified atom stereocenters. The first-order valence-corrected chi connectivity index (χ1v) is 14.0. The molecule has 198 valence electrons. The molecular weight excluding hydrogens is 508 g/mol. The number of nitrogens with one attached hydrogen (secondary N) is 1. The van der Waals surface area contributed by atoms with E-state index in [4.69, 9.17) is 10.5 Å². The Balaban J connectivity index is 1.19. The Hall–Kier alpha value is -3.92. The zero-order valence-corrected chi connectivity index (χ0v) is 22.6. The fourth-order valence-electron chi connectivity index (χ4n) is 5.06. The van der Waals surface area contributed by atoms with E-state index in [0.29, 0.717) is 18.0 Å². The van der Waals surface area contributed by atoms with Gasteiger partial charge in [-0.1, -0.05) is 12.1 Å². The molecule has 0 spiro atoms. The third-order valence-electron chi connectivity index (χ3n) is 7.06. The molecule has 1 aliphatic heterocycles. The third-order valence-corrected chi connectivity index (χ3v) is 7.97. The zero-order valence-electron chi connectivity index (χ0n) is 21.8. The number of H-pyrrole nitrogens is 1. The van der Waals surface area contributed by atoms with E-state index >= 15 is 0 Å². The summed E-state index contributed by atoms with van der Waals surface area (Å²) in [5.74, 6) is -0.292. The van der Waals surface area contributed by atoms with Crippen molar-refractivity contribution in [3.63, 3.8) is 0 Å². The number of benzene rings is 1. The van der Waals surface area contributed by atoms with Gasteiger partial charge in [0.15, 0.2) is 0 Å². The Morgan fingerprint density at radius 3 is 2.92 bits per heavy atom. The minimum Gasteiger partial charge on any atom is -0.460 e. The third kappa shape index (κ3) is 5.61. The molecule has 1 saturated heterocycles. The van der Waals surface area contributed by atoms with Gasteiger partial charge in [0.1, 0.15) is 11.5 Å². The average Bonchev–Trinajstić information content (AvgIpc) is 3.63. The molecule has 1 aromatic carbocycles. The number of hydrogen-bond donors (Lipinski definition) is 2. The summed E-state index contributed by atoms with van der Waals surface area (Å²) in [6, 6.07) is 16.3. The maximum atomic E-state index is 12.7. The van der Waals surface area contributed by atoms with E-state index in [0.717, 1.165) is 76.3 Å². The van der Waals surface area contributed by atoms with E-state index in [1.165, 1.54) is 11.3 Å². The minimum atomic E-state index is -0.292. The number of aromatic nitrogens is 4. The smallest absolute Gasteiger partial charge is 0.348 e. The van der Waals surface area contributed by atoms with Crippen LogP contribution in [-0.4, -0.2) is 63.1 Å². The van der Waals surface area contributed by atoms with Crippen LogP contribution in [0.25, 0.3) is 44.7 Å². The van der Waals surface area contributed by atoms with Crippen LogP contribution in [0.3, 0.4) is 0 Å². The molecule has 39 heavy (non-hydrogen) atoms. The van der Waals surface area contributed by atoms with Gasteiger partial charge in [0.2, 0.25) is 0 Å². The summed E-state index contributed by atoms with van der Waals surface area (Å²) in [6.45, 7) is 4.93. The van der Waals surface area contributed by atoms with Crippen molar-refractivity contribution in [1.82, 2.24) is 24.8 Å². The number of likely N-dealkylation sites (tertiary alicyclic amines) is 1. The molecule has 4 aromatic heterocycles. The van der Waals surface area contributed by atoms with Crippen LogP contribution in [0.1, 0.15) is 28.2 Å². The van der Waals surface area contributed by atoms with E-state index in [2.05, 4.69) is 37.0 Å². The largest absolute Gasteiger partial charge is 0.460 e. The van der Waals surface area contributed by atoms with Crippen LogP contribution >= 0.6 is 11.3 Å². The van der Waals surface area contributed by atoms with Crippen LogP contribution in [-0.2, 0) is 4.74 Å². The van der Waals surface area contributed by atoms with Crippen LogP contribution in [0.4, 0.5) is 0 Å². The Labute approximate surface area is 230 Å². The number of carbonyl (C=O) groups is 1. The number of thiophene rings is 1. The van der Waals surface area contributed by atoms with E-state index in [-0.39, 0.29) is 12.0 Å². The summed E-state index contributed by atoms with van der Waals surface area (Å²) >= 11 is 1.39. The van der Waals surface area contributed by atoms with Gasteiger partial charge in [-0.3, -0.25) is 14.9 Å². The number of pyridine rings is 2. The molecular formula is C30H30N6O2S. The summed E-state index contributed by atoms with van der Waals surface area (Å²) in [5.41, 5.74) is 13.3. The fourth-order valence-corrected chi connectivity index (χ4v) is 5.86.